The van der Waals surface area contributed by atoms with Crippen LogP contribution in [-0.2, 0) is 0 Å². The van der Waals surface area contributed by atoms with Crippen LogP contribution in [-0.4, -0.2) is 7.05 Å². The molecule has 0 radical (unpaired) electrons. The first kappa shape index (κ1) is 11.4. The van der Waals surface area contributed by atoms with Crippen LogP contribution in [0.2, 0.25) is 5.02 Å². The Morgan fingerprint density at radius 1 is 1.36 bits per heavy atom. The normalized spacial score (nSPS) is 12.9. The zero-order valence-corrected chi connectivity index (χ0v) is 8.83. The Balaban J connectivity index is 3.14. The van der Waals surface area contributed by atoms with E-state index in [4.69, 9.17) is 11.6 Å². The summed E-state index contributed by atoms with van der Waals surface area (Å²) in [5.74, 6) is -1.06. The van der Waals surface area contributed by atoms with Crippen molar-refractivity contribution >= 4 is 11.6 Å². The number of rotatable bonds is 3. The van der Waals surface area contributed by atoms with Crippen LogP contribution in [0, 0.1) is 11.6 Å². The van der Waals surface area contributed by atoms with Gasteiger partial charge in [0.25, 0.3) is 0 Å². The minimum Gasteiger partial charge on any atom is -0.313 e. The highest BCUT2D eigenvalue weighted by molar-refractivity contribution is 6.30. The number of hydrogen-bond donors (Lipinski definition) is 1. The molecule has 0 heterocycles. The first-order valence-electron chi connectivity index (χ1n) is 4.41. The van der Waals surface area contributed by atoms with E-state index in [1.54, 1.807) is 7.05 Å². The zero-order valence-electron chi connectivity index (χ0n) is 8.07. The average molecular weight is 220 g/mol. The Hall–Kier alpha value is -0.670. The van der Waals surface area contributed by atoms with Crippen LogP contribution in [0.5, 0.6) is 0 Å². The van der Waals surface area contributed by atoms with Gasteiger partial charge in [0.15, 0.2) is 0 Å². The van der Waals surface area contributed by atoms with E-state index in [1.165, 1.54) is 0 Å². The molecule has 4 heteroatoms. The first-order valence-corrected chi connectivity index (χ1v) is 4.79. The molecule has 1 unspecified atom stereocenters. The summed E-state index contributed by atoms with van der Waals surface area (Å²) in [4.78, 5) is 0. The van der Waals surface area contributed by atoms with Gasteiger partial charge in [0.05, 0.1) is 5.02 Å². The zero-order chi connectivity index (χ0) is 10.7. The first-order chi connectivity index (χ1) is 6.60. The van der Waals surface area contributed by atoms with E-state index in [0.717, 1.165) is 12.1 Å². The fourth-order valence-electron chi connectivity index (χ4n) is 1.38. The molecule has 1 atom stereocenters. The summed E-state index contributed by atoms with van der Waals surface area (Å²) in [5.41, 5.74) is 0.317. The highest BCUT2D eigenvalue weighted by Gasteiger charge is 2.14. The fourth-order valence-corrected chi connectivity index (χ4v) is 1.53. The smallest absolute Gasteiger partial charge is 0.142 e. The third-order valence-corrected chi connectivity index (χ3v) is 2.46. The van der Waals surface area contributed by atoms with Crippen molar-refractivity contribution in [2.75, 3.05) is 7.05 Å². The van der Waals surface area contributed by atoms with E-state index in [0.29, 0.717) is 12.0 Å². The minimum absolute atomic E-state index is 0.179. The van der Waals surface area contributed by atoms with Gasteiger partial charge in [0.1, 0.15) is 11.6 Å². The molecule has 0 bridgehead atoms. The molecule has 0 aromatic heterocycles. The highest BCUT2D eigenvalue weighted by atomic mass is 35.5. The molecule has 14 heavy (non-hydrogen) atoms. The summed E-state index contributed by atoms with van der Waals surface area (Å²) < 4.78 is 26.4. The van der Waals surface area contributed by atoms with Crippen LogP contribution >= 0.6 is 11.6 Å². The second-order valence-corrected chi connectivity index (χ2v) is 3.44. The van der Waals surface area contributed by atoms with Gasteiger partial charge in [0.2, 0.25) is 0 Å². The molecule has 0 spiro atoms. The van der Waals surface area contributed by atoms with Crippen LogP contribution in [0.25, 0.3) is 0 Å². The number of nitrogens with one attached hydrogen (secondary N) is 1. The second-order valence-electron chi connectivity index (χ2n) is 3.04. The Bertz CT molecular complexity index is 324. The lowest BCUT2D eigenvalue weighted by Gasteiger charge is -2.15. The van der Waals surface area contributed by atoms with Crippen LogP contribution in [0.1, 0.15) is 24.9 Å². The second kappa shape index (κ2) is 4.71. The molecule has 0 aliphatic rings. The van der Waals surface area contributed by atoms with Crippen molar-refractivity contribution in [1.82, 2.24) is 5.32 Å². The van der Waals surface area contributed by atoms with Gasteiger partial charge in [0, 0.05) is 11.6 Å². The monoisotopic (exact) mass is 219 g/mol. The highest BCUT2D eigenvalue weighted by Crippen LogP contribution is 2.25. The van der Waals surface area contributed by atoms with Gasteiger partial charge < -0.3 is 5.32 Å². The van der Waals surface area contributed by atoms with Crippen LogP contribution in [0.15, 0.2) is 12.1 Å². The van der Waals surface area contributed by atoms with Crippen molar-refractivity contribution in [2.24, 2.45) is 0 Å². The molecule has 0 aliphatic heterocycles. The quantitative estimate of drug-likeness (QED) is 0.770. The molecule has 1 aromatic rings. The van der Waals surface area contributed by atoms with Crippen molar-refractivity contribution in [3.63, 3.8) is 0 Å². The molecule has 0 saturated heterocycles. The Kier molecular flexibility index (Phi) is 3.84. The molecule has 0 saturated carbocycles. The molecular weight excluding hydrogens is 208 g/mol. The van der Waals surface area contributed by atoms with Gasteiger partial charge in [-0.2, -0.15) is 0 Å². The third kappa shape index (κ3) is 2.22. The van der Waals surface area contributed by atoms with Crippen LogP contribution in [0.4, 0.5) is 8.78 Å². The molecule has 0 amide bonds. The molecule has 1 rings (SSSR count). The maximum Gasteiger partial charge on any atom is 0.142 e. The van der Waals surface area contributed by atoms with Gasteiger partial charge in [-0.15, -0.1) is 0 Å². The van der Waals surface area contributed by atoms with Crippen molar-refractivity contribution in [1.29, 1.82) is 0 Å². The summed E-state index contributed by atoms with van der Waals surface area (Å²) in [7, 11) is 1.71. The summed E-state index contributed by atoms with van der Waals surface area (Å²) in [6.07, 6.45) is 0.689. The topological polar surface area (TPSA) is 12.0 Å². The van der Waals surface area contributed by atoms with Gasteiger partial charge in [-0.1, -0.05) is 18.5 Å². The van der Waals surface area contributed by atoms with E-state index >= 15 is 0 Å². The number of hydrogen-bond acceptors (Lipinski definition) is 1. The van der Waals surface area contributed by atoms with Gasteiger partial charge >= 0.3 is 0 Å². The van der Waals surface area contributed by atoms with Gasteiger partial charge in [-0.25, -0.2) is 8.78 Å². The van der Waals surface area contributed by atoms with E-state index in [9.17, 15) is 8.78 Å². The molecule has 78 valence electrons. The average Bonchev–Trinajstić information content (AvgIpc) is 2.15. The van der Waals surface area contributed by atoms with Crippen molar-refractivity contribution in [3.8, 4) is 0 Å². The standard InChI is InChI=1S/C10H12ClF2N/c1-3-10(14-2)6-4-9(13)7(11)5-8(6)12/h4-5,10,14H,3H2,1-2H3. The molecule has 1 aromatic carbocycles. The molecule has 0 aliphatic carbocycles. The Labute approximate surface area is 87.1 Å². The number of halogens is 3. The van der Waals surface area contributed by atoms with Crippen LogP contribution in [0.3, 0.4) is 0 Å². The maximum absolute atomic E-state index is 13.4. The van der Waals surface area contributed by atoms with Crippen molar-refractivity contribution in [2.45, 2.75) is 19.4 Å². The lowest BCUT2D eigenvalue weighted by Crippen LogP contribution is -2.16. The Morgan fingerprint density at radius 3 is 2.50 bits per heavy atom. The maximum atomic E-state index is 13.4. The summed E-state index contributed by atoms with van der Waals surface area (Å²) in [5, 5.41) is 2.72. The predicted octanol–water partition coefficient (Wildman–Crippen LogP) is 3.29. The molecule has 1 N–H and O–H groups in total. The molecule has 1 nitrogen and oxygen atoms in total. The summed E-state index contributed by atoms with van der Waals surface area (Å²) in [6, 6.07) is 1.97. The van der Waals surface area contributed by atoms with Crippen molar-refractivity contribution < 1.29 is 8.78 Å². The van der Waals surface area contributed by atoms with Gasteiger partial charge in [-0.3, -0.25) is 0 Å². The minimum atomic E-state index is -0.586. The summed E-state index contributed by atoms with van der Waals surface area (Å²) in [6.45, 7) is 1.90. The van der Waals surface area contributed by atoms with E-state index in [-0.39, 0.29) is 11.1 Å². The largest absolute Gasteiger partial charge is 0.313 e. The third-order valence-electron chi connectivity index (χ3n) is 2.17. The summed E-state index contributed by atoms with van der Waals surface area (Å²) >= 11 is 5.44. The van der Waals surface area contributed by atoms with Crippen LogP contribution < -0.4 is 5.32 Å². The number of benzene rings is 1. The Morgan fingerprint density at radius 2 is 2.00 bits per heavy atom. The lowest BCUT2D eigenvalue weighted by atomic mass is 10.0. The van der Waals surface area contributed by atoms with Crippen molar-refractivity contribution in [3.05, 3.63) is 34.4 Å². The van der Waals surface area contributed by atoms with Gasteiger partial charge in [-0.05, 0) is 25.6 Å². The van der Waals surface area contributed by atoms with E-state index < -0.39 is 11.6 Å². The molecular formula is C10H12ClF2N. The molecule has 0 fully saturated rings. The lowest BCUT2D eigenvalue weighted by molar-refractivity contribution is 0.515. The van der Waals surface area contributed by atoms with E-state index in [1.807, 2.05) is 6.92 Å². The fraction of sp³-hybridized carbons (Fsp3) is 0.400. The van der Waals surface area contributed by atoms with E-state index in [2.05, 4.69) is 5.32 Å². The SMILES string of the molecule is CCC(NC)c1cc(F)c(Cl)cc1F. The predicted molar refractivity (Wildman–Crippen MR) is 53.5 cm³/mol.